The Morgan fingerprint density at radius 2 is 1.49 bits per heavy atom. The molecule has 0 spiro atoms. The lowest BCUT2D eigenvalue weighted by Gasteiger charge is -2.40. The molecule has 0 saturated carbocycles. The number of phenols is 7. The van der Waals surface area contributed by atoms with E-state index in [1.165, 1.54) is 13.0 Å². The minimum atomic E-state index is -1.88. The number of rotatable bonds is 5. The van der Waals surface area contributed by atoms with E-state index < -0.39 is 105 Å². The summed E-state index contributed by atoms with van der Waals surface area (Å²) in [5.74, 6) is -7.30. The molecule has 1 aliphatic heterocycles. The molecule has 15 heteroatoms. The van der Waals surface area contributed by atoms with Crippen LogP contribution < -0.4 is 10.2 Å². The van der Waals surface area contributed by atoms with Crippen molar-refractivity contribution in [2.24, 2.45) is 0 Å². The molecule has 226 valence electrons. The number of hydrogen-bond donors (Lipinski definition) is 9. The van der Waals surface area contributed by atoms with Crippen molar-refractivity contribution in [2.75, 3.05) is 0 Å². The fourth-order valence-corrected chi connectivity index (χ4v) is 4.48. The smallest absolute Gasteiger partial charge is 0.339 e. The zero-order chi connectivity index (χ0) is 31.3. The lowest BCUT2D eigenvalue weighted by molar-refractivity contribution is -0.267. The van der Waals surface area contributed by atoms with Gasteiger partial charge in [0.05, 0.1) is 11.7 Å². The van der Waals surface area contributed by atoms with Gasteiger partial charge < -0.3 is 64.6 Å². The fourth-order valence-electron chi connectivity index (χ4n) is 4.48. The van der Waals surface area contributed by atoms with E-state index in [-0.39, 0.29) is 11.1 Å². The Bertz CT molecular complexity index is 1770. The zero-order valence-corrected chi connectivity index (χ0v) is 21.9. The number of aliphatic hydroxyl groups is 2. The number of aliphatic hydroxyl groups excluding tert-OH is 2. The predicted molar refractivity (Wildman–Crippen MR) is 142 cm³/mol. The number of benzene rings is 3. The summed E-state index contributed by atoms with van der Waals surface area (Å²) in [6, 6.07) is 6.72. The molecule has 15 nitrogen and oxygen atoms in total. The van der Waals surface area contributed by atoms with Crippen LogP contribution in [0.1, 0.15) is 17.3 Å². The maximum Gasteiger partial charge on any atom is 0.339 e. The van der Waals surface area contributed by atoms with Gasteiger partial charge in [-0.3, -0.25) is 4.79 Å². The molecule has 1 saturated heterocycles. The lowest BCUT2D eigenvalue weighted by atomic mass is 9.99. The number of esters is 1. The molecule has 4 aromatic rings. The Morgan fingerprint density at radius 3 is 2.14 bits per heavy atom. The third-order valence-electron chi connectivity index (χ3n) is 6.72. The Hall–Kier alpha value is -5.38. The van der Waals surface area contributed by atoms with Gasteiger partial charge in [-0.15, -0.1) is 0 Å². The maximum atomic E-state index is 13.7. The summed E-state index contributed by atoms with van der Waals surface area (Å²) in [5.41, 5.74) is -1.86. The standard InChI is InChI=1S/C28H24O15/c1-9-20(35)23(38)26(42-27(39)11-5-16(33)21(36)17(34)6-11)28(40-9)43-25-22(37)19-15(32)7-12(29)8-18(19)41-24(25)10-2-3-13(30)14(31)4-10/h2-9,20,23,26,28-36,38H,1H3. The quantitative estimate of drug-likeness (QED) is 0.116. The third-order valence-corrected chi connectivity index (χ3v) is 6.72. The summed E-state index contributed by atoms with van der Waals surface area (Å²) in [4.78, 5) is 26.6. The number of hydrogen-bond acceptors (Lipinski definition) is 15. The van der Waals surface area contributed by atoms with Crippen LogP contribution >= 0.6 is 0 Å². The molecule has 1 fully saturated rings. The van der Waals surface area contributed by atoms with Gasteiger partial charge in [0, 0.05) is 17.7 Å². The van der Waals surface area contributed by atoms with Crippen LogP contribution in [0.2, 0.25) is 0 Å². The van der Waals surface area contributed by atoms with Gasteiger partial charge in [0.1, 0.15) is 34.7 Å². The molecule has 5 rings (SSSR count). The van der Waals surface area contributed by atoms with Gasteiger partial charge in [-0.25, -0.2) is 4.79 Å². The Labute approximate surface area is 239 Å². The van der Waals surface area contributed by atoms with Crippen molar-refractivity contribution in [1.29, 1.82) is 0 Å². The first-order valence-corrected chi connectivity index (χ1v) is 12.5. The van der Waals surface area contributed by atoms with Gasteiger partial charge in [-0.1, -0.05) is 0 Å². The predicted octanol–water partition coefficient (Wildman–Crippen LogP) is 1.47. The molecule has 0 aliphatic carbocycles. The van der Waals surface area contributed by atoms with Gasteiger partial charge in [0.15, 0.2) is 40.6 Å². The molecular weight excluding hydrogens is 576 g/mol. The number of carbonyl (C=O) groups is 1. The molecule has 9 N–H and O–H groups in total. The Kier molecular flexibility index (Phi) is 7.31. The van der Waals surface area contributed by atoms with E-state index in [4.69, 9.17) is 18.6 Å². The minimum Gasteiger partial charge on any atom is -0.508 e. The lowest BCUT2D eigenvalue weighted by Crippen LogP contribution is -2.60. The number of carbonyl (C=O) groups excluding carboxylic acids is 1. The summed E-state index contributed by atoms with van der Waals surface area (Å²) in [7, 11) is 0. The number of fused-ring (bicyclic) bond motifs is 1. The van der Waals surface area contributed by atoms with Crippen LogP contribution in [0, 0.1) is 0 Å². The highest BCUT2D eigenvalue weighted by atomic mass is 16.7. The first kappa shape index (κ1) is 29.1. The summed E-state index contributed by atoms with van der Waals surface area (Å²) in [6.07, 6.45) is -8.39. The first-order valence-electron chi connectivity index (χ1n) is 12.5. The van der Waals surface area contributed by atoms with Crippen molar-refractivity contribution < 1.29 is 69.4 Å². The van der Waals surface area contributed by atoms with Crippen LogP contribution in [-0.2, 0) is 9.47 Å². The summed E-state index contributed by atoms with van der Waals surface area (Å²) >= 11 is 0. The van der Waals surface area contributed by atoms with E-state index in [9.17, 15) is 55.5 Å². The summed E-state index contributed by atoms with van der Waals surface area (Å²) in [5, 5.41) is 90.1. The highest BCUT2D eigenvalue weighted by Crippen LogP contribution is 2.40. The molecular formula is C28H24O15. The Morgan fingerprint density at radius 1 is 0.814 bits per heavy atom. The zero-order valence-electron chi connectivity index (χ0n) is 21.9. The molecule has 0 amide bonds. The number of phenolic OH excluding ortho intramolecular Hbond substituents is 7. The second-order valence-electron chi connectivity index (χ2n) is 9.67. The Balaban J connectivity index is 1.62. The number of ether oxygens (including phenoxy) is 3. The molecule has 2 heterocycles. The normalized spacial score (nSPS) is 21.9. The average molecular weight is 600 g/mol. The van der Waals surface area contributed by atoms with E-state index in [0.717, 1.165) is 36.4 Å². The van der Waals surface area contributed by atoms with Crippen molar-refractivity contribution in [3.05, 3.63) is 58.3 Å². The van der Waals surface area contributed by atoms with Crippen LogP contribution in [0.4, 0.5) is 0 Å². The first-order chi connectivity index (χ1) is 20.3. The molecule has 0 radical (unpaired) electrons. The highest BCUT2D eigenvalue weighted by molar-refractivity contribution is 5.91. The molecule has 0 bridgehead atoms. The van der Waals surface area contributed by atoms with E-state index in [1.54, 1.807) is 0 Å². The molecule has 5 atom stereocenters. The van der Waals surface area contributed by atoms with Crippen molar-refractivity contribution in [3.8, 4) is 57.3 Å². The van der Waals surface area contributed by atoms with Crippen LogP contribution in [0.3, 0.4) is 0 Å². The fraction of sp³-hybridized carbons (Fsp3) is 0.214. The van der Waals surface area contributed by atoms with E-state index in [1.807, 2.05) is 0 Å². The van der Waals surface area contributed by atoms with Crippen LogP contribution in [-0.4, -0.2) is 82.6 Å². The second-order valence-corrected chi connectivity index (χ2v) is 9.67. The molecule has 1 aromatic heterocycles. The van der Waals surface area contributed by atoms with E-state index in [0.29, 0.717) is 0 Å². The SMILES string of the molecule is CC1OC(Oc2c(-c3ccc(O)c(O)c3)oc3cc(O)cc(O)c3c2=O)C(OC(=O)c2cc(O)c(O)c(O)c2)C(O)C1O. The molecule has 43 heavy (non-hydrogen) atoms. The monoisotopic (exact) mass is 600 g/mol. The van der Waals surface area contributed by atoms with Gasteiger partial charge in [-0.05, 0) is 37.3 Å². The number of aromatic hydroxyl groups is 7. The minimum absolute atomic E-state index is 0.0415. The highest BCUT2D eigenvalue weighted by Gasteiger charge is 2.47. The van der Waals surface area contributed by atoms with E-state index >= 15 is 0 Å². The van der Waals surface area contributed by atoms with E-state index in [2.05, 4.69) is 0 Å². The third kappa shape index (κ3) is 5.23. The largest absolute Gasteiger partial charge is 0.508 e. The summed E-state index contributed by atoms with van der Waals surface area (Å²) in [6.45, 7) is 1.34. The molecule has 1 aliphatic rings. The topological polar surface area (TPSA) is 257 Å². The van der Waals surface area contributed by atoms with Crippen molar-refractivity contribution in [1.82, 2.24) is 0 Å². The van der Waals surface area contributed by atoms with Crippen LogP contribution in [0.15, 0.2) is 51.7 Å². The van der Waals surface area contributed by atoms with Crippen molar-refractivity contribution in [3.63, 3.8) is 0 Å². The maximum absolute atomic E-state index is 13.7. The van der Waals surface area contributed by atoms with Gasteiger partial charge >= 0.3 is 5.97 Å². The van der Waals surface area contributed by atoms with Crippen LogP contribution in [0.25, 0.3) is 22.3 Å². The van der Waals surface area contributed by atoms with Gasteiger partial charge in [0.2, 0.25) is 17.5 Å². The van der Waals surface area contributed by atoms with Gasteiger partial charge in [-0.2, -0.15) is 0 Å². The van der Waals surface area contributed by atoms with Crippen LogP contribution in [0.5, 0.6) is 46.0 Å². The molecule has 3 aromatic carbocycles. The van der Waals surface area contributed by atoms with Crippen molar-refractivity contribution >= 4 is 16.9 Å². The second kappa shape index (κ2) is 10.8. The summed E-state index contributed by atoms with van der Waals surface area (Å²) < 4.78 is 22.5. The average Bonchev–Trinajstić information content (AvgIpc) is 2.94. The van der Waals surface area contributed by atoms with Crippen molar-refractivity contribution in [2.45, 2.75) is 37.6 Å². The molecule has 5 unspecified atom stereocenters. The van der Waals surface area contributed by atoms with Gasteiger partial charge in [0.25, 0.3) is 0 Å².